The number of methoxy groups -OCH3 is 1. The molecule has 0 amide bonds. The average molecular weight is 248 g/mol. The van der Waals surface area contributed by atoms with E-state index >= 15 is 0 Å². The van der Waals surface area contributed by atoms with Gasteiger partial charge in [-0.1, -0.05) is 31.2 Å². The normalized spacial score (nSPS) is 27.8. The van der Waals surface area contributed by atoms with Crippen molar-refractivity contribution in [1.82, 2.24) is 0 Å². The van der Waals surface area contributed by atoms with Gasteiger partial charge in [0.25, 0.3) is 0 Å². The summed E-state index contributed by atoms with van der Waals surface area (Å²) in [4.78, 5) is 0. The molecule has 0 aliphatic carbocycles. The summed E-state index contributed by atoms with van der Waals surface area (Å²) < 4.78 is 16.8. The molecule has 1 aromatic rings. The Labute approximate surface area is 108 Å². The molecule has 3 nitrogen and oxygen atoms in total. The molecule has 1 aliphatic heterocycles. The standard InChI is InChI=1S/C15H20O3/c1-10(2)14-11(3)9-17-15(18-14)12-5-7-13(16-4)8-6-12/h5-8,11,14-15H,1,9H2,2-4H3. The molecule has 98 valence electrons. The number of rotatable bonds is 3. The number of hydrogen-bond donors (Lipinski definition) is 0. The predicted octanol–water partition coefficient (Wildman–Crippen LogP) is 3.32. The second kappa shape index (κ2) is 5.55. The van der Waals surface area contributed by atoms with Crippen LogP contribution in [0.1, 0.15) is 25.7 Å². The van der Waals surface area contributed by atoms with Gasteiger partial charge in [0.1, 0.15) is 5.75 Å². The van der Waals surface area contributed by atoms with Crippen molar-refractivity contribution in [2.45, 2.75) is 26.2 Å². The lowest BCUT2D eigenvalue weighted by Gasteiger charge is -2.35. The van der Waals surface area contributed by atoms with Crippen molar-refractivity contribution in [2.75, 3.05) is 13.7 Å². The number of hydrogen-bond acceptors (Lipinski definition) is 3. The Morgan fingerprint density at radius 3 is 2.56 bits per heavy atom. The second-order valence-corrected chi connectivity index (χ2v) is 4.82. The summed E-state index contributed by atoms with van der Waals surface area (Å²) in [5.74, 6) is 1.18. The van der Waals surface area contributed by atoms with E-state index in [0.717, 1.165) is 16.9 Å². The van der Waals surface area contributed by atoms with E-state index in [1.165, 1.54) is 0 Å². The Morgan fingerprint density at radius 1 is 1.33 bits per heavy atom. The van der Waals surface area contributed by atoms with Crippen LogP contribution in [-0.4, -0.2) is 19.8 Å². The molecular formula is C15H20O3. The summed E-state index contributed by atoms with van der Waals surface area (Å²) in [6, 6.07) is 7.76. The molecule has 3 atom stereocenters. The van der Waals surface area contributed by atoms with Crippen LogP contribution < -0.4 is 4.74 Å². The van der Waals surface area contributed by atoms with Gasteiger partial charge in [-0.05, 0) is 19.1 Å². The molecule has 3 heteroatoms. The topological polar surface area (TPSA) is 27.7 Å². The summed E-state index contributed by atoms with van der Waals surface area (Å²) in [6.07, 6.45) is -0.250. The first-order chi connectivity index (χ1) is 8.61. The van der Waals surface area contributed by atoms with Gasteiger partial charge in [0.05, 0.1) is 19.8 Å². The van der Waals surface area contributed by atoms with Gasteiger partial charge >= 0.3 is 0 Å². The van der Waals surface area contributed by atoms with Gasteiger partial charge in [-0.25, -0.2) is 0 Å². The molecule has 0 aromatic heterocycles. The van der Waals surface area contributed by atoms with Crippen LogP contribution in [0.25, 0.3) is 0 Å². The van der Waals surface area contributed by atoms with Crippen molar-refractivity contribution in [3.05, 3.63) is 42.0 Å². The lowest BCUT2D eigenvalue weighted by Crippen LogP contribution is -2.35. The minimum absolute atomic E-state index is 0.0610. The Morgan fingerprint density at radius 2 is 2.00 bits per heavy atom. The van der Waals surface area contributed by atoms with E-state index in [-0.39, 0.29) is 12.4 Å². The van der Waals surface area contributed by atoms with E-state index in [2.05, 4.69) is 13.5 Å². The Kier molecular flexibility index (Phi) is 4.04. The largest absolute Gasteiger partial charge is 0.497 e. The van der Waals surface area contributed by atoms with Crippen LogP contribution in [0.4, 0.5) is 0 Å². The molecule has 0 bridgehead atoms. The summed E-state index contributed by atoms with van der Waals surface area (Å²) in [6.45, 7) is 8.79. The van der Waals surface area contributed by atoms with Gasteiger partial charge < -0.3 is 14.2 Å². The lowest BCUT2D eigenvalue weighted by molar-refractivity contribution is -0.228. The van der Waals surface area contributed by atoms with Gasteiger partial charge in [-0.3, -0.25) is 0 Å². The first kappa shape index (κ1) is 13.1. The van der Waals surface area contributed by atoms with Gasteiger partial charge in [-0.15, -0.1) is 0 Å². The molecule has 0 N–H and O–H groups in total. The van der Waals surface area contributed by atoms with E-state index in [4.69, 9.17) is 14.2 Å². The highest BCUT2D eigenvalue weighted by Crippen LogP contribution is 2.32. The fourth-order valence-electron chi connectivity index (χ4n) is 2.17. The molecule has 1 heterocycles. The molecule has 2 rings (SSSR count). The zero-order valence-corrected chi connectivity index (χ0v) is 11.2. The quantitative estimate of drug-likeness (QED) is 0.768. The minimum Gasteiger partial charge on any atom is -0.497 e. The highest BCUT2D eigenvalue weighted by atomic mass is 16.7. The fraction of sp³-hybridized carbons (Fsp3) is 0.467. The molecule has 1 saturated heterocycles. The van der Waals surface area contributed by atoms with Crippen molar-refractivity contribution in [3.63, 3.8) is 0 Å². The predicted molar refractivity (Wildman–Crippen MR) is 70.5 cm³/mol. The molecule has 0 spiro atoms. The second-order valence-electron chi connectivity index (χ2n) is 4.82. The van der Waals surface area contributed by atoms with E-state index in [1.807, 2.05) is 31.2 Å². The Bertz CT molecular complexity index is 410. The van der Waals surface area contributed by atoms with Gasteiger partial charge in [0, 0.05) is 11.5 Å². The number of ether oxygens (including phenoxy) is 3. The molecule has 1 aromatic carbocycles. The minimum atomic E-state index is -0.311. The maximum absolute atomic E-state index is 5.96. The van der Waals surface area contributed by atoms with E-state index in [0.29, 0.717) is 12.5 Å². The molecular weight excluding hydrogens is 228 g/mol. The highest BCUT2D eigenvalue weighted by molar-refractivity contribution is 5.28. The smallest absolute Gasteiger partial charge is 0.184 e. The lowest BCUT2D eigenvalue weighted by atomic mass is 9.98. The van der Waals surface area contributed by atoms with Crippen molar-refractivity contribution in [2.24, 2.45) is 5.92 Å². The molecule has 1 aliphatic rings. The third-order valence-corrected chi connectivity index (χ3v) is 3.17. The van der Waals surface area contributed by atoms with Crippen molar-refractivity contribution >= 4 is 0 Å². The SMILES string of the molecule is C=C(C)C1OC(c2ccc(OC)cc2)OCC1C. The monoisotopic (exact) mass is 248 g/mol. The van der Waals surface area contributed by atoms with Crippen molar-refractivity contribution < 1.29 is 14.2 Å². The molecule has 0 radical (unpaired) electrons. The van der Waals surface area contributed by atoms with Gasteiger partial charge in [0.15, 0.2) is 6.29 Å². The highest BCUT2D eigenvalue weighted by Gasteiger charge is 2.30. The zero-order chi connectivity index (χ0) is 13.1. The molecule has 0 saturated carbocycles. The Balaban J connectivity index is 2.11. The molecule has 1 fully saturated rings. The molecule has 18 heavy (non-hydrogen) atoms. The summed E-state index contributed by atoms with van der Waals surface area (Å²) in [5, 5.41) is 0. The van der Waals surface area contributed by atoms with Crippen molar-refractivity contribution in [1.29, 1.82) is 0 Å². The number of benzene rings is 1. The average Bonchev–Trinajstić information content (AvgIpc) is 2.39. The van der Waals surface area contributed by atoms with Crippen LogP contribution in [0.2, 0.25) is 0 Å². The first-order valence-corrected chi connectivity index (χ1v) is 6.18. The van der Waals surface area contributed by atoms with E-state index < -0.39 is 0 Å². The maximum Gasteiger partial charge on any atom is 0.184 e. The third-order valence-electron chi connectivity index (χ3n) is 3.17. The third kappa shape index (κ3) is 2.74. The van der Waals surface area contributed by atoms with Gasteiger partial charge in [0.2, 0.25) is 0 Å². The van der Waals surface area contributed by atoms with Crippen LogP contribution >= 0.6 is 0 Å². The zero-order valence-electron chi connectivity index (χ0n) is 11.2. The summed E-state index contributed by atoms with van der Waals surface area (Å²) >= 11 is 0. The van der Waals surface area contributed by atoms with Gasteiger partial charge in [-0.2, -0.15) is 0 Å². The van der Waals surface area contributed by atoms with E-state index in [9.17, 15) is 0 Å². The Hall–Kier alpha value is -1.32. The van der Waals surface area contributed by atoms with Crippen LogP contribution in [0, 0.1) is 5.92 Å². The summed E-state index contributed by atoms with van der Waals surface area (Å²) in [5.41, 5.74) is 2.05. The molecule has 3 unspecified atom stereocenters. The van der Waals surface area contributed by atoms with Crippen molar-refractivity contribution in [3.8, 4) is 5.75 Å². The summed E-state index contributed by atoms with van der Waals surface area (Å²) in [7, 11) is 1.65. The first-order valence-electron chi connectivity index (χ1n) is 6.18. The van der Waals surface area contributed by atoms with Crippen LogP contribution in [0.3, 0.4) is 0 Å². The van der Waals surface area contributed by atoms with Crippen LogP contribution in [0.5, 0.6) is 5.75 Å². The van der Waals surface area contributed by atoms with Crippen LogP contribution in [-0.2, 0) is 9.47 Å². The maximum atomic E-state index is 5.96. The van der Waals surface area contributed by atoms with Crippen LogP contribution in [0.15, 0.2) is 36.4 Å². The van der Waals surface area contributed by atoms with E-state index in [1.54, 1.807) is 7.11 Å². The fourth-order valence-corrected chi connectivity index (χ4v) is 2.17.